The van der Waals surface area contributed by atoms with E-state index in [2.05, 4.69) is 59.0 Å². The van der Waals surface area contributed by atoms with Gasteiger partial charge in [0.15, 0.2) is 8.32 Å². The van der Waals surface area contributed by atoms with Crippen LogP contribution in [0, 0.1) is 0 Å². The van der Waals surface area contributed by atoms with Crippen LogP contribution < -0.4 is 4.74 Å². The molecule has 204 valence electrons. The first-order chi connectivity index (χ1) is 15.8. The highest BCUT2D eigenvalue weighted by molar-refractivity contribution is 7.53. The van der Waals surface area contributed by atoms with E-state index in [1.165, 1.54) is 11.1 Å². The third kappa shape index (κ3) is 12.9. The van der Waals surface area contributed by atoms with E-state index in [1.54, 1.807) is 0 Å². The minimum Gasteiger partial charge on any atom is -0.494 e. The fraction of sp³-hybridized carbons (Fsp3) is 0.786. The van der Waals surface area contributed by atoms with Gasteiger partial charge in [0, 0.05) is 0 Å². The topological polar surface area (TPSA) is 54.0 Å². The Kier molecular flexibility index (Phi) is 11.8. The van der Waals surface area contributed by atoms with E-state index in [-0.39, 0.29) is 5.04 Å². The first kappa shape index (κ1) is 32.4. The molecule has 35 heavy (non-hydrogen) atoms. The molecular formula is C28H53O5PSi. The number of ether oxygens (including phenoxy) is 1. The van der Waals surface area contributed by atoms with Gasteiger partial charge in [-0.1, -0.05) is 33.8 Å². The molecule has 0 heterocycles. The molecule has 0 spiro atoms. The van der Waals surface area contributed by atoms with Crippen LogP contribution in [0.2, 0.25) is 18.1 Å². The van der Waals surface area contributed by atoms with E-state index in [0.717, 1.165) is 31.4 Å². The van der Waals surface area contributed by atoms with E-state index in [0.29, 0.717) is 19.4 Å². The Bertz CT molecular complexity index is 811. The van der Waals surface area contributed by atoms with Crippen LogP contribution in [0.4, 0.5) is 0 Å². The van der Waals surface area contributed by atoms with Crippen LogP contribution in [-0.2, 0) is 31.1 Å². The van der Waals surface area contributed by atoms with Crippen LogP contribution in [0.3, 0.4) is 0 Å². The fourth-order valence-electron chi connectivity index (χ4n) is 3.30. The van der Waals surface area contributed by atoms with E-state index in [1.807, 2.05) is 41.5 Å². The minimum absolute atomic E-state index is 0.189. The summed E-state index contributed by atoms with van der Waals surface area (Å²) in [6, 6.07) is 6.45. The Labute approximate surface area is 217 Å². The number of aryl methyl sites for hydroxylation is 1. The van der Waals surface area contributed by atoms with Gasteiger partial charge in [-0.05, 0) is 109 Å². The lowest BCUT2D eigenvalue weighted by atomic mass is 10.1. The van der Waals surface area contributed by atoms with E-state index in [9.17, 15) is 4.57 Å². The van der Waals surface area contributed by atoms with Crippen molar-refractivity contribution in [2.45, 2.75) is 131 Å². The second kappa shape index (κ2) is 12.7. The lowest BCUT2D eigenvalue weighted by Crippen LogP contribution is -2.40. The highest BCUT2D eigenvalue weighted by Crippen LogP contribution is 2.55. The second-order valence-electron chi connectivity index (χ2n) is 13.0. The molecular weight excluding hydrogens is 475 g/mol. The standard InChI is InChI=1S/C28H53O5PSi/c1-13-23-19-24(22-31-35(11,12)28(8,9)10)21-25(20-23)30-17-15-14-16-18-34(29,32-26(2,3)4)33-27(5,6)7/h19-21H,13-18,22H2,1-12H3. The number of rotatable bonds is 13. The Morgan fingerprint density at radius 3 is 1.83 bits per heavy atom. The summed E-state index contributed by atoms with van der Waals surface area (Å²) in [6.45, 7) is 26.2. The van der Waals surface area contributed by atoms with Gasteiger partial charge in [0.05, 0.1) is 30.6 Å². The van der Waals surface area contributed by atoms with E-state index >= 15 is 0 Å². The summed E-state index contributed by atoms with van der Waals surface area (Å²) >= 11 is 0. The van der Waals surface area contributed by atoms with Crippen LogP contribution in [0.15, 0.2) is 18.2 Å². The predicted molar refractivity (Wildman–Crippen MR) is 151 cm³/mol. The van der Waals surface area contributed by atoms with Gasteiger partial charge in [0.25, 0.3) is 0 Å². The Morgan fingerprint density at radius 1 is 0.800 bits per heavy atom. The van der Waals surface area contributed by atoms with Gasteiger partial charge in [-0.25, -0.2) is 0 Å². The Morgan fingerprint density at radius 2 is 1.34 bits per heavy atom. The molecule has 0 aromatic heterocycles. The van der Waals surface area contributed by atoms with Crippen molar-refractivity contribution >= 4 is 15.9 Å². The summed E-state index contributed by atoms with van der Waals surface area (Å²) in [7, 11) is -4.97. The molecule has 0 N–H and O–H groups in total. The van der Waals surface area contributed by atoms with Crippen LogP contribution in [0.1, 0.15) is 99.6 Å². The van der Waals surface area contributed by atoms with Crippen LogP contribution in [0.5, 0.6) is 5.75 Å². The number of hydrogen-bond donors (Lipinski definition) is 0. The maximum Gasteiger partial charge on any atom is 0.331 e. The second-order valence-corrected chi connectivity index (χ2v) is 19.9. The van der Waals surface area contributed by atoms with Crippen molar-refractivity contribution in [3.05, 3.63) is 29.3 Å². The van der Waals surface area contributed by atoms with Crippen molar-refractivity contribution in [3.63, 3.8) is 0 Å². The van der Waals surface area contributed by atoms with E-state index in [4.69, 9.17) is 18.2 Å². The Hall–Kier alpha value is -0.653. The largest absolute Gasteiger partial charge is 0.494 e. The maximum absolute atomic E-state index is 13.3. The van der Waals surface area contributed by atoms with Gasteiger partial charge in [-0.3, -0.25) is 4.57 Å². The molecule has 1 aromatic rings. The van der Waals surface area contributed by atoms with Gasteiger partial charge in [0.2, 0.25) is 0 Å². The molecule has 0 fully saturated rings. The fourth-order valence-corrected chi connectivity index (χ4v) is 6.76. The molecule has 7 heteroatoms. The minimum atomic E-state index is -3.17. The predicted octanol–water partition coefficient (Wildman–Crippen LogP) is 9.14. The van der Waals surface area contributed by atoms with Crippen molar-refractivity contribution in [1.29, 1.82) is 0 Å². The lowest BCUT2D eigenvalue weighted by molar-refractivity contribution is 0.0490. The molecule has 0 amide bonds. The summed E-state index contributed by atoms with van der Waals surface area (Å²) in [4.78, 5) is 0. The van der Waals surface area contributed by atoms with Crippen molar-refractivity contribution in [2.24, 2.45) is 0 Å². The summed E-state index contributed by atoms with van der Waals surface area (Å²) < 4.78 is 37.6. The molecule has 0 bridgehead atoms. The van der Waals surface area contributed by atoms with E-state index < -0.39 is 27.1 Å². The molecule has 0 atom stereocenters. The molecule has 0 aliphatic rings. The highest BCUT2D eigenvalue weighted by Gasteiger charge is 2.37. The monoisotopic (exact) mass is 528 g/mol. The summed E-state index contributed by atoms with van der Waals surface area (Å²) in [5.41, 5.74) is 1.40. The Balaban J connectivity index is 2.63. The molecule has 1 rings (SSSR count). The average Bonchev–Trinajstić information content (AvgIpc) is 2.65. The first-order valence-electron chi connectivity index (χ1n) is 13.2. The first-order valence-corrected chi connectivity index (χ1v) is 17.8. The average molecular weight is 529 g/mol. The zero-order valence-corrected chi connectivity index (χ0v) is 26.6. The van der Waals surface area contributed by atoms with Crippen molar-refractivity contribution in [2.75, 3.05) is 12.8 Å². The molecule has 0 saturated carbocycles. The van der Waals surface area contributed by atoms with Crippen molar-refractivity contribution in [3.8, 4) is 5.75 Å². The normalized spacial score (nSPS) is 13.8. The summed E-state index contributed by atoms with van der Waals surface area (Å²) in [5.74, 6) is 0.899. The maximum atomic E-state index is 13.3. The quantitative estimate of drug-likeness (QED) is 0.145. The van der Waals surface area contributed by atoms with Crippen LogP contribution in [0.25, 0.3) is 0 Å². The number of unbranched alkanes of at least 4 members (excludes halogenated alkanes) is 2. The van der Waals surface area contributed by atoms with Crippen LogP contribution >= 0.6 is 7.60 Å². The van der Waals surface area contributed by atoms with Crippen molar-refractivity contribution < 1.29 is 22.8 Å². The smallest absolute Gasteiger partial charge is 0.331 e. The SMILES string of the molecule is CCc1cc(CO[Si](C)(C)C(C)(C)C)cc(OCCCCCP(=O)(OC(C)(C)C)OC(C)(C)C)c1. The zero-order chi connectivity index (χ0) is 27.1. The van der Waals surface area contributed by atoms with Gasteiger partial charge < -0.3 is 18.2 Å². The van der Waals surface area contributed by atoms with Gasteiger partial charge in [-0.2, -0.15) is 0 Å². The summed E-state index contributed by atoms with van der Waals surface area (Å²) in [5, 5.41) is 0.189. The third-order valence-corrected chi connectivity index (χ3v) is 13.0. The number of hydrogen-bond acceptors (Lipinski definition) is 5. The molecule has 0 aliphatic heterocycles. The van der Waals surface area contributed by atoms with Gasteiger partial charge in [0.1, 0.15) is 5.75 Å². The molecule has 5 nitrogen and oxygen atoms in total. The summed E-state index contributed by atoms with van der Waals surface area (Å²) in [6.07, 6.45) is 3.94. The third-order valence-electron chi connectivity index (χ3n) is 6.01. The van der Waals surface area contributed by atoms with Crippen LogP contribution in [-0.4, -0.2) is 32.3 Å². The number of benzene rings is 1. The van der Waals surface area contributed by atoms with Crippen molar-refractivity contribution in [1.82, 2.24) is 0 Å². The molecule has 1 aromatic carbocycles. The molecule has 0 saturated heterocycles. The molecule has 0 radical (unpaired) electrons. The van der Waals surface area contributed by atoms with Gasteiger partial charge >= 0.3 is 7.60 Å². The van der Waals surface area contributed by atoms with Gasteiger partial charge in [-0.15, -0.1) is 0 Å². The zero-order valence-electron chi connectivity index (χ0n) is 24.7. The molecule has 0 aliphatic carbocycles. The highest BCUT2D eigenvalue weighted by atomic mass is 31.2. The lowest BCUT2D eigenvalue weighted by Gasteiger charge is -2.36. The molecule has 0 unspecified atom stereocenters.